The highest BCUT2D eigenvalue weighted by Crippen LogP contribution is 2.38. The molecular formula is C21H19N3O4. The van der Waals surface area contributed by atoms with Crippen molar-refractivity contribution in [1.29, 1.82) is 0 Å². The van der Waals surface area contributed by atoms with E-state index in [0.29, 0.717) is 30.8 Å². The Kier molecular flexibility index (Phi) is 4.65. The number of amides is 2. The van der Waals surface area contributed by atoms with E-state index in [2.05, 4.69) is 10.3 Å². The molecule has 2 N–H and O–H groups in total. The van der Waals surface area contributed by atoms with E-state index in [1.807, 2.05) is 18.2 Å². The standard InChI is InChI=1S/C21H19N3O4/c25-19-15-5-1-2-6-16(15)20(26)24(19)14-7-8-18(17(10-14)21(27)28)23-12-13-4-3-9-22-11-13/h1-4,7-11,15-16,23H,5-6,12H2,(H,27,28)/t15-,16-/m1/s1. The van der Waals surface area contributed by atoms with Gasteiger partial charge in [0, 0.05) is 24.6 Å². The maximum atomic E-state index is 12.7. The highest BCUT2D eigenvalue weighted by molar-refractivity contribution is 6.22. The molecule has 28 heavy (non-hydrogen) atoms. The number of benzene rings is 1. The summed E-state index contributed by atoms with van der Waals surface area (Å²) in [6.45, 7) is 0.408. The molecule has 2 aliphatic rings. The number of hydrogen-bond donors (Lipinski definition) is 2. The number of carbonyl (C=O) groups excluding carboxylic acids is 2. The van der Waals surface area contributed by atoms with Gasteiger partial charge in [0.05, 0.1) is 23.1 Å². The van der Waals surface area contributed by atoms with Gasteiger partial charge >= 0.3 is 5.97 Å². The zero-order valence-electron chi connectivity index (χ0n) is 15.0. The molecule has 1 fully saturated rings. The van der Waals surface area contributed by atoms with Gasteiger partial charge in [-0.3, -0.25) is 19.5 Å². The summed E-state index contributed by atoms with van der Waals surface area (Å²) in [5.74, 6) is -2.35. The summed E-state index contributed by atoms with van der Waals surface area (Å²) in [6, 6.07) is 8.27. The number of nitrogens with zero attached hydrogens (tertiary/aromatic N) is 2. The van der Waals surface area contributed by atoms with Crippen molar-refractivity contribution in [1.82, 2.24) is 4.98 Å². The molecule has 2 heterocycles. The lowest BCUT2D eigenvalue weighted by atomic mass is 9.85. The van der Waals surface area contributed by atoms with Gasteiger partial charge in [-0.2, -0.15) is 0 Å². The highest BCUT2D eigenvalue weighted by Gasteiger charge is 2.47. The molecule has 1 aromatic heterocycles. The van der Waals surface area contributed by atoms with Crippen LogP contribution >= 0.6 is 0 Å². The van der Waals surface area contributed by atoms with E-state index in [-0.39, 0.29) is 29.2 Å². The van der Waals surface area contributed by atoms with Crippen molar-refractivity contribution >= 4 is 29.2 Å². The molecule has 7 nitrogen and oxygen atoms in total. The summed E-state index contributed by atoms with van der Waals surface area (Å²) in [5, 5.41) is 12.7. The van der Waals surface area contributed by atoms with Crippen LogP contribution in [0.5, 0.6) is 0 Å². The summed E-state index contributed by atoms with van der Waals surface area (Å²) in [4.78, 5) is 42.4. The first-order valence-electron chi connectivity index (χ1n) is 9.09. The van der Waals surface area contributed by atoms with E-state index >= 15 is 0 Å². The van der Waals surface area contributed by atoms with Gasteiger partial charge in [0.2, 0.25) is 11.8 Å². The molecule has 0 spiro atoms. The number of carboxylic acid groups (broad SMARTS) is 1. The Morgan fingerprint density at radius 2 is 1.86 bits per heavy atom. The van der Waals surface area contributed by atoms with Gasteiger partial charge in [0.25, 0.3) is 0 Å². The molecule has 0 unspecified atom stereocenters. The predicted molar refractivity (Wildman–Crippen MR) is 103 cm³/mol. The number of carboxylic acids is 1. The van der Waals surface area contributed by atoms with Gasteiger partial charge < -0.3 is 10.4 Å². The number of hydrogen-bond acceptors (Lipinski definition) is 5. The van der Waals surface area contributed by atoms with Crippen LogP contribution in [0.3, 0.4) is 0 Å². The quantitative estimate of drug-likeness (QED) is 0.614. The second kappa shape index (κ2) is 7.26. The molecule has 7 heteroatoms. The maximum absolute atomic E-state index is 12.7. The Labute approximate surface area is 161 Å². The minimum atomic E-state index is -1.13. The fraction of sp³-hybridized carbons (Fsp3) is 0.238. The van der Waals surface area contributed by atoms with Crippen molar-refractivity contribution in [2.45, 2.75) is 19.4 Å². The molecule has 0 radical (unpaired) electrons. The number of imide groups is 1. The first kappa shape index (κ1) is 17.9. The van der Waals surface area contributed by atoms with Crippen LogP contribution in [0.2, 0.25) is 0 Å². The van der Waals surface area contributed by atoms with Crippen LogP contribution in [0, 0.1) is 11.8 Å². The molecule has 1 aliphatic carbocycles. The number of pyridine rings is 1. The largest absolute Gasteiger partial charge is 0.478 e. The van der Waals surface area contributed by atoms with Crippen LogP contribution in [0.4, 0.5) is 11.4 Å². The van der Waals surface area contributed by atoms with Crippen LogP contribution < -0.4 is 10.2 Å². The lowest BCUT2D eigenvalue weighted by Gasteiger charge is -2.17. The van der Waals surface area contributed by atoms with Crippen LogP contribution in [0.1, 0.15) is 28.8 Å². The monoisotopic (exact) mass is 377 g/mol. The highest BCUT2D eigenvalue weighted by atomic mass is 16.4. The fourth-order valence-electron chi connectivity index (χ4n) is 3.76. The van der Waals surface area contributed by atoms with Gasteiger partial charge in [-0.05, 0) is 42.7 Å². The number of fused-ring (bicyclic) bond motifs is 1. The predicted octanol–water partition coefficient (Wildman–Crippen LogP) is 2.85. The van der Waals surface area contributed by atoms with Gasteiger partial charge in [-0.1, -0.05) is 18.2 Å². The van der Waals surface area contributed by atoms with Gasteiger partial charge in [-0.25, -0.2) is 4.79 Å². The minimum absolute atomic E-state index is 0.00925. The van der Waals surface area contributed by atoms with Crippen molar-refractivity contribution < 1.29 is 19.5 Å². The molecule has 1 aromatic carbocycles. The van der Waals surface area contributed by atoms with E-state index in [4.69, 9.17) is 0 Å². The molecule has 0 saturated carbocycles. The number of nitrogens with one attached hydrogen (secondary N) is 1. The Bertz CT molecular complexity index is 945. The lowest BCUT2D eigenvalue weighted by molar-refractivity contribution is -0.122. The van der Waals surface area contributed by atoms with Crippen LogP contribution in [-0.4, -0.2) is 27.9 Å². The zero-order valence-corrected chi connectivity index (χ0v) is 15.0. The second-order valence-electron chi connectivity index (χ2n) is 6.92. The topological polar surface area (TPSA) is 99.6 Å². The minimum Gasteiger partial charge on any atom is -0.478 e. The fourth-order valence-corrected chi connectivity index (χ4v) is 3.76. The van der Waals surface area contributed by atoms with Gasteiger partial charge in [-0.15, -0.1) is 0 Å². The average Bonchev–Trinajstić information content (AvgIpc) is 2.98. The lowest BCUT2D eigenvalue weighted by Crippen LogP contribution is -2.31. The molecule has 2 aromatic rings. The molecule has 0 bridgehead atoms. The Morgan fingerprint density at radius 1 is 1.14 bits per heavy atom. The number of aromatic carboxylic acids is 1. The normalized spacial score (nSPS) is 20.9. The number of anilines is 2. The van der Waals surface area contributed by atoms with Crippen LogP contribution in [0.25, 0.3) is 0 Å². The van der Waals surface area contributed by atoms with E-state index in [1.165, 1.54) is 6.07 Å². The summed E-state index contributed by atoms with van der Waals surface area (Å²) >= 11 is 0. The van der Waals surface area contributed by atoms with Crippen LogP contribution in [0.15, 0.2) is 54.9 Å². The molecule has 2 atom stereocenters. The molecule has 1 saturated heterocycles. The summed E-state index contributed by atoms with van der Waals surface area (Å²) < 4.78 is 0. The third kappa shape index (κ3) is 3.15. The third-order valence-corrected chi connectivity index (χ3v) is 5.21. The molecule has 2 amide bonds. The summed E-state index contributed by atoms with van der Waals surface area (Å²) in [7, 11) is 0. The van der Waals surface area contributed by atoms with Crippen molar-refractivity contribution in [2.24, 2.45) is 11.8 Å². The second-order valence-corrected chi connectivity index (χ2v) is 6.92. The van der Waals surface area contributed by atoms with E-state index < -0.39 is 5.97 Å². The SMILES string of the molecule is O=C(O)c1cc(N2C(=O)[C@@H]3CC=CC[C@H]3C2=O)ccc1NCc1cccnc1. The Morgan fingerprint density at radius 3 is 2.46 bits per heavy atom. The molecule has 1 aliphatic heterocycles. The number of carbonyl (C=O) groups is 3. The molecule has 142 valence electrons. The van der Waals surface area contributed by atoms with E-state index in [1.54, 1.807) is 30.6 Å². The van der Waals surface area contributed by atoms with Crippen molar-refractivity contribution in [2.75, 3.05) is 10.2 Å². The van der Waals surface area contributed by atoms with Crippen molar-refractivity contribution in [3.63, 3.8) is 0 Å². The van der Waals surface area contributed by atoms with Crippen LogP contribution in [-0.2, 0) is 16.1 Å². The third-order valence-electron chi connectivity index (χ3n) is 5.21. The zero-order chi connectivity index (χ0) is 19.7. The Balaban J connectivity index is 1.61. The number of rotatable bonds is 5. The number of allylic oxidation sites excluding steroid dienone is 2. The Hall–Kier alpha value is -3.48. The first-order valence-corrected chi connectivity index (χ1v) is 9.09. The van der Waals surface area contributed by atoms with E-state index in [0.717, 1.165) is 10.5 Å². The van der Waals surface area contributed by atoms with Crippen molar-refractivity contribution in [3.8, 4) is 0 Å². The summed E-state index contributed by atoms with van der Waals surface area (Å²) in [5.41, 5.74) is 1.63. The molecule has 4 rings (SSSR count). The smallest absolute Gasteiger partial charge is 0.337 e. The van der Waals surface area contributed by atoms with Gasteiger partial charge in [0.15, 0.2) is 0 Å². The van der Waals surface area contributed by atoms with Gasteiger partial charge in [0.1, 0.15) is 0 Å². The first-order chi connectivity index (χ1) is 13.6. The molecular weight excluding hydrogens is 358 g/mol. The average molecular weight is 377 g/mol. The maximum Gasteiger partial charge on any atom is 0.337 e. The van der Waals surface area contributed by atoms with Crippen molar-refractivity contribution in [3.05, 3.63) is 66.0 Å². The number of aromatic nitrogens is 1. The summed E-state index contributed by atoms with van der Waals surface area (Å²) in [6.07, 6.45) is 8.29. The van der Waals surface area contributed by atoms with E-state index in [9.17, 15) is 19.5 Å².